The van der Waals surface area contributed by atoms with Crippen LogP contribution in [0.25, 0.3) is 0 Å². The number of amides is 1. The standard InChI is InChI=1S/C19H22FNO/c1-19(2,3)16-8-6-15(7-9-16)18(22)21-13-12-14-4-10-17(20)11-5-14/h4-11H,12-13H2,1-3H3,(H,21,22). The number of carbonyl (C=O) groups is 1. The Balaban J connectivity index is 1.88. The summed E-state index contributed by atoms with van der Waals surface area (Å²) in [6, 6.07) is 14.0. The molecule has 0 saturated heterocycles. The summed E-state index contributed by atoms with van der Waals surface area (Å²) >= 11 is 0. The van der Waals surface area contributed by atoms with Gasteiger partial charge in [0.05, 0.1) is 0 Å². The molecule has 1 amide bonds. The molecular weight excluding hydrogens is 277 g/mol. The molecule has 22 heavy (non-hydrogen) atoms. The number of carbonyl (C=O) groups excluding carboxylic acids is 1. The first-order chi connectivity index (χ1) is 10.4. The lowest BCUT2D eigenvalue weighted by Crippen LogP contribution is -2.25. The molecule has 0 aliphatic carbocycles. The lowest BCUT2D eigenvalue weighted by molar-refractivity contribution is 0.0954. The number of benzene rings is 2. The third-order valence-corrected chi connectivity index (χ3v) is 3.63. The van der Waals surface area contributed by atoms with Gasteiger partial charge in [-0.2, -0.15) is 0 Å². The van der Waals surface area contributed by atoms with Crippen LogP contribution in [-0.4, -0.2) is 12.5 Å². The molecule has 0 bridgehead atoms. The zero-order valence-corrected chi connectivity index (χ0v) is 13.3. The summed E-state index contributed by atoms with van der Waals surface area (Å²) in [6.07, 6.45) is 0.687. The van der Waals surface area contributed by atoms with Crippen LogP contribution >= 0.6 is 0 Å². The highest BCUT2D eigenvalue weighted by molar-refractivity contribution is 5.94. The lowest BCUT2D eigenvalue weighted by atomic mass is 9.87. The van der Waals surface area contributed by atoms with Gasteiger partial charge in [-0.15, -0.1) is 0 Å². The highest BCUT2D eigenvalue weighted by Crippen LogP contribution is 2.22. The van der Waals surface area contributed by atoms with Crippen LogP contribution < -0.4 is 5.32 Å². The van der Waals surface area contributed by atoms with E-state index in [2.05, 4.69) is 26.1 Å². The van der Waals surface area contributed by atoms with Crippen LogP contribution in [0, 0.1) is 5.82 Å². The maximum atomic E-state index is 12.8. The van der Waals surface area contributed by atoms with Gasteiger partial charge in [0.2, 0.25) is 0 Å². The molecular formula is C19H22FNO. The molecule has 0 aliphatic rings. The van der Waals surface area contributed by atoms with E-state index in [0.717, 1.165) is 5.56 Å². The molecule has 2 rings (SSSR count). The molecule has 0 spiro atoms. The molecule has 116 valence electrons. The lowest BCUT2D eigenvalue weighted by Gasteiger charge is -2.19. The van der Waals surface area contributed by atoms with E-state index in [-0.39, 0.29) is 17.1 Å². The van der Waals surface area contributed by atoms with Crippen LogP contribution in [0.2, 0.25) is 0 Å². The fourth-order valence-corrected chi connectivity index (χ4v) is 2.20. The average molecular weight is 299 g/mol. The van der Waals surface area contributed by atoms with E-state index in [1.54, 1.807) is 12.1 Å². The third-order valence-electron chi connectivity index (χ3n) is 3.63. The van der Waals surface area contributed by atoms with Crippen molar-refractivity contribution in [1.29, 1.82) is 0 Å². The Morgan fingerprint density at radius 2 is 1.59 bits per heavy atom. The van der Waals surface area contributed by atoms with E-state index in [9.17, 15) is 9.18 Å². The van der Waals surface area contributed by atoms with Crippen LogP contribution in [0.15, 0.2) is 48.5 Å². The molecule has 1 N–H and O–H groups in total. The monoisotopic (exact) mass is 299 g/mol. The van der Waals surface area contributed by atoms with E-state index in [0.29, 0.717) is 18.5 Å². The SMILES string of the molecule is CC(C)(C)c1ccc(C(=O)NCCc2ccc(F)cc2)cc1. The molecule has 0 saturated carbocycles. The predicted molar refractivity (Wildman–Crippen MR) is 87.6 cm³/mol. The highest BCUT2D eigenvalue weighted by Gasteiger charge is 2.14. The summed E-state index contributed by atoms with van der Waals surface area (Å²) in [7, 11) is 0. The topological polar surface area (TPSA) is 29.1 Å². The molecule has 0 radical (unpaired) electrons. The molecule has 2 nitrogen and oxygen atoms in total. The largest absolute Gasteiger partial charge is 0.352 e. The molecule has 0 fully saturated rings. The van der Waals surface area contributed by atoms with Gasteiger partial charge in [-0.1, -0.05) is 45.0 Å². The summed E-state index contributed by atoms with van der Waals surface area (Å²) in [5.41, 5.74) is 2.95. The minimum Gasteiger partial charge on any atom is -0.352 e. The Labute approximate surface area is 131 Å². The number of hydrogen-bond donors (Lipinski definition) is 1. The van der Waals surface area contributed by atoms with E-state index >= 15 is 0 Å². The Morgan fingerprint density at radius 1 is 1.00 bits per heavy atom. The molecule has 0 aromatic heterocycles. The van der Waals surface area contributed by atoms with Crippen molar-refractivity contribution >= 4 is 5.91 Å². The van der Waals surface area contributed by atoms with Crippen LogP contribution in [0.5, 0.6) is 0 Å². The Bertz CT molecular complexity index is 624. The molecule has 3 heteroatoms. The van der Waals surface area contributed by atoms with Gasteiger partial charge in [0.25, 0.3) is 5.91 Å². The highest BCUT2D eigenvalue weighted by atomic mass is 19.1. The first kappa shape index (κ1) is 16.2. The molecule has 2 aromatic rings. The van der Waals surface area contributed by atoms with Crippen molar-refractivity contribution in [2.75, 3.05) is 6.54 Å². The fraction of sp³-hybridized carbons (Fsp3) is 0.316. The van der Waals surface area contributed by atoms with Gasteiger partial charge in [-0.25, -0.2) is 4.39 Å². The summed E-state index contributed by atoms with van der Waals surface area (Å²) in [6.45, 7) is 6.96. The van der Waals surface area contributed by atoms with Crippen LogP contribution in [-0.2, 0) is 11.8 Å². The maximum Gasteiger partial charge on any atom is 0.251 e. The molecule has 0 heterocycles. The Hall–Kier alpha value is -2.16. The van der Waals surface area contributed by atoms with Gasteiger partial charge in [-0.3, -0.25) is 4.79 Å². The van der Waals surface area contributed by atoms with Gasteiger partial charge in [0, 0.05) is 12.1 Å². The molecule has 0 unspecified atom stereocenters. The number of halogens is 1. The van der Waals surface area contributed by atoms with E-state index in [1.165, 1.54) is 17.7 Å². The second-order valence-electron chi connectivity index (χ2n) is 6.46. The normalized spacial score (nSPS) is 11.3. The van der Waals surface area contributed by atoms with Crippen molar-refractivity contribution in [2.24, 2.45) is 0 Å². The van der Waals surface area contributed by atoms with Gasteiger partial charge >= 0.3 is 0 Å². The second-order valence-corrected chi connectivity index (χ2v) is 6.46. The van der Waals surface area contributed by atoms with E-state index < -0.39 is 0 Å². The minimum atomic E-state index is -0.244. The smallest absolute Gasteiger partial charge is 0.251 e. The summed E-state index contributed by atoms with van der Waals surface area (Å²) in [5, 5.41) is 2.89. The quantitative estimate of drug-likeness (QED) is 0.905. The summed E-state index contributed by atoms with van der Waals surface area (Å²) in [5.74, 6) is -0.325. The van der Waals surface area contributed by atoms with Crippen LogP contribution in [0.3, 0.4) is 0 Å². The summed E-state index contributed by atoms with van der Waals surface area (Å²) in [4.78, 5) is 12.1. The van der Waals surface area contributed by atoms with Crippen molar-refractivity contribution in [3.05, 3.63) is 71.0 Å². The number of nitrogens with one attached hydrogen (secondary N) is 1. The van der Waals surface area contributed by atoms with Crippen molar-refractivity contribution in [2.45, 2.75) is 32.6 Å². The van der Waals surface area contributed by atoms with Crippen molar-refractivity contribution < 1.29 is 9.18 Å². The third kappa shape index (κ3) is 4.42. The first-order valence-electron chi connectivity index (χ1n) is 7.49. The maximum absolute atomic E-state index is 12.8. The molecule has 0 aliphatic heterocycles. The Morgan fingerprint density at radius 3 is 2.14 bits per heavy atom. The van der Waals surface area contributed by atoms with E-state index in [1.807, 2.05) is 24.3 Å². The summed E-state index contributed by atoms with van der Waals surface area (Å²) < 4.78 is 12.8. The molecule has 0 atom stereocenters. The fourth-order valence-electron chi connectivity index (χ4n) is 2.20. The zero-order chi connectivity index (χ0) is 16.2. The van der Waals surface area contributed by atoms with Gasteiger partial charge < -0.3 is 5.32 Å². The average Bonchev–Trinajstić information content (AvgIpc) is 2.48. The van der Waals surface area contributed by atoms with Gasteiger partial charge in [0.1, 0.15) is 5.82 Å². The Kier molecular flexibility index (Phi) is 4.96. The first-order valence-corrected chi connectivity index (χ1v) is 7.49. The zero-order valence-electron chi connectivity index (χ0n) is 13.3. The van der Waals surface area contributed by atoms with Gasteiger partial charge in [0.15, 0.2) is 0 Å². The molecule has 2 aromatic carbocycles. The van der Waals surface area contributed by atoms with Crippen molar-refractivity contribution in [3.8, 4) is 0 Å². The number of rotatable bonds is 4. The van der Waals surface area contributed by atoms with Crippen molar-refractivity contribution in [1.82, 2.24) is 5.32 Å². The van der Waals surface area contributed by atoms with Crippen LogP contribution in [0.4, 0.5) is 4.39 Å². The van der Waals surface area contributed by atoms with Crippen LogP contribution in [0.1, 0.15) is 42.3 Å². The minimum absolute atomic E-state index is 0.0809. The van der Waals surface area contributed by atoms with Gasteiger partial charge in [-0.05, 0) is 47.2 Å². The second kappa shape index (κ2) is 6.73. The van der Waals surface area contributed by atoms with Crippen molar-refractivity contribution in [3.63, 3.8) is 0 Å². The predicted octanol–water partition coefficient (Wildman–Crippen LogP) is 4.10. The van der Waals surface area contributed by atoms with E-state index in [4.69, 9.17) is 0 Å². The number of hydrogen-bond acceptors (Lipinski definition) is 1.